The molecule has 0 saturated carbocycles. The van der Waals surface area contributed by atoms with Crippen molar-refractivity contribution in [1.29, 1.82) is 0 Å². The Morgan fingerprint density at radius 1 is 0.921 bits per heavy atom. The molecule has 0 radical (unpaired) electrons. The van der Waals surface area contributed by atoms with E-state index in [4.69, 9.17) is 23.7 Å². The van der Waals surface area contributed by atoms with Gasteiger partial charge in [0.25, 0.3) is 0 Å². The summed E-state index contributed by atoms with van der Waals surface area (Å²) in [6.45, 7) is -1.07. The Labute approximate surface area is 219 Å². The van der Waals surface area contributed by atoms with Gasteiger partial charge in [-0.15, -0.1) is 0 Å². The lowest BCUT2D eigenvalue weighted by Gasteiger charge is -2.39. The van der Waals surface area contributed by atoms with Gasteiger partial charge in [-0.1, -0.05) is 24.3 Å². The van der Waals surface area contributed by atoms with Crippen molar-refractivity contribution in [3.05, 3.63) is 53.6 Å². The molecule has 0 bridgehead atoms. The second kappa shape index (κ2) is 13.7. The third kappa shape index (κ3) is 6.92. The molecule has 12 heteroatoms. The quantitative estimate of drug-likeness (QED) is 0.187. The number of methoxy groups -OCH3 is 2. The zero-order chi connectivity index (χ0) is 27.8. The highest BCUT2D eigenvalue weighted by atomic mass is 16.7. The van der Waals surface area contributed by atoms with Gasteiger partial charge < -0.3 is 59.4 Å². The molecular formula is C26H34O12. The summed E-state index contributed by atoms with van der Waals surface area (Å²) in [5.74, 6) is 0.679. The third-order valence-corrected chi connectivity index (χ3v) is 6.06. The average Bonchev–Trinajstić information content (AvgIpc) is 2.94. The van der Waals surface area contributed by atoms with Crippen LogP contribution in [0.2, 0.25) is 0 Å². The summed E-state index contributed by atoms with van der Waals surface area (Å²) >= 11 is 0. The van der Waals surface area contributed by atoms with Crippen LogP contribution in [0.25, 0.3) is 6.08 Å². The number of aliphatic hydroxyl groups is 6. The molecule has 2 aromatic carbocycles. The van der Waals surface area contributed by atoms with E-state index in [1.165, 1.54) is 32.4 Å². The van der Waals surface area contributed by atoms with Crippen molar-refractivity contribution in [1.82, 2.24) is 0 Å². The maximum Gasteiger partial charge on any atom is 0.187 e. The first-order chi connectivity index (χ1) is 18.2. The summed E-state index contributed by atoms with van der Waals surface area (Å²) in [7, 11) is 2.82. The van der Waals surface area contributed by atoms with Crippen LogP contribution in [0.5, 0.6) is 23.0 Å². The van der Waals surface area contributed by atoms with Crippen LogP contribution in [-0.4, -0.2) is 107 Å². The lowest BCUT2D eigenvalue weighted by Crippen LogP contribution is -2.59. The Bertz CT molecular complexity index is 1060. The van der Waals surface area contributed by atoms with Gasteiger partial charge in [0.05, 0.1) is 34.0 Å². The van der Waals surface area contributed by atoms with Gasteiger partial charge in [-0.05, 0) is 35.4 Å². The summed E-state index contributed by atoms with van der Waals surface area (Å²) in [5, 5.41) is 69.3. The second-order valence-corrected chi connectivity index (χ2v) is 8.56. The topological polar surface area (TPSA) is 188 Å². The highest BCUT2D eigenvalue weighted by Gasteiger charge is 2.43. The molecule has 0 spiro atoms. The van der Waals surface area contributed by atoms with Crippen LogP contribution >= 0.6 is 0 Å². The number of aromatic hydroxyl groups is 1. The predicted molar refractivity (Wildman–Crippen MR) is 133 cm³/mol. The number of aliphatic hydroxyl groups excluding tert-OH is 6. The molecule has 0 aliphatic carbocycles. The van der Waals surface area contributed by atoms with Crippen molar-refractivity contribution in [2.45, 2.75) is 42.9 Å². The van der Waals surface area contributed by atoms with Crippen molar-refractivity contribution < 1.29 is 59.4 Å². The van der Waals surface area contributed by atoms with Crippen LogP contribution in [0, 0.1) is 0 Å². The molecule has 2 aromatic rings. The monoisotopic (exact) mass is 538 g/mol. The van der Waals surface area contributed by atoms with Crippen LogP contribution in [0.4, 0.5) is 0 Å². The van der Waals surface area contributed by atoms with Crippen molar-refractivity contribution >= 4 is 6.08 Å². The largest absolute Gasteiger partial charge is 0.504 e. The van der Waals surface area contributed by atoms with E-state index in [1.807, 2.05) is 0 Å². The zero-order valence-electron chi connectivity index (χ0n) is 21.0. The minimum Gasteiger partial charge on any atom is -0.504 e. The molecule has 3 rings (SSSR count). The van der Waals surface area contributed by atoms with Gasteiger partial charge in [0.1, 0.15) is 30.5 Å². The molecule has 7 atom stereocenters. The standard InChI is InChI=1S/C26H34O12/c1-34-18-11-15(6-7-16(18)29)22(30)20(12-27)37-17-8-5-14(10-19(17)35-2)4-3-9-36-26-25(33)24(32)23(31)21(13-28)38-26/h3-8,10-11,20-33H,9,12-13H2,1-2H3/b4-3+/t20-,21+,22+,23+,24+,25+,26-/m1/s1. The number of hydrogen-bond acceptors (Lipinski definition) is 12. The maximum atomic E-state index is 10.7. The van der Waals surface area contributed by atoms with E-state index in [1.54, 1.807) is 30.4 Å². The first kappa shape index (κ1) is 29.6. The van der Waals surface area contributed by atoms with Crippen LogP contribution < -0.4 is 14.2 Å². The highest BCUT2D eigenvalue weighted by Crippen LogP contribution is 2.34. The average molecular weight is 539 g/mol. The molecule has 1 aliphatic rings. The number of benzene rings is 2. The van der Waals surface area contributed by atoms with Gasteiger partial charge in [-0.3, -0.25) is 0 Å². The maximum absolute atomic E-state index is 10.7. The first-order valence-corrected chi connectivity index (χ1v) is 11.8. The SMILES string of the molecule is COc1cc([C@H](O)[C@@H](CO)Oc2ccc(/C=C/CO[C@@H]3O[C@@H](CO)[C@H](O)[C@H](O)[C@@H]3O)cc2OC)ccc1O. The zero-order valence-corrected chi connectivity index (χ0v) is 21.0. The molecule has 12 nitrogen and oxygen atoms in total. The normalized spacial score (nSPS) is 25.2. The summed E-state index contributed by atoms with van der Waals surface area (Å²) in [6, 6.07) is 9.27. The number of hydrogen-bond donors (Lipinski definition) is 7. The molecule has 0 unspecified atom stereocenters. The Hall–Kier alpha value is -2.94. The minimum absolute atomic E-state index is 0.0157. The Kier molecular flexibility index (Phi) is 10.7. The predicted octanol–water partition coefficient (Wildman–Crippen LogP) is -0.288. The van der Waals surface area contributed by atoms with Gasteiger partial charge in [0.2, 0.25) is 0 Å². The molecule has 7 N–H and O–H groups in total. The summed E-state index contributed by atoms with van der Waals surface area (Å²) in [5.41, 5.74) is 1.06. The van der Waals surface area contributed by atoms with Crippen LogP contribution in [0.1, 0.15) is 17.2 Å². The number of ether oxygens (including phenoxy) is 5. The number of phenols is 1. The Balaban J connectivity index is 1.63. The van der Waals surface area contributed by atoms with Gasteiger partial charge >= 0.3 is 0 Å². The fraction of sp³-hybridized carbons (Fsp3) is 0.462. The lowest BCUT2D eigenvalue weighted by atomic mass is 9.99. The van der Waals surface area contributed by atoms with E-state index in [9.17, 15) is 35.7 Å². The summed E-state index contributed by atoms with van der Waals surface area (Å²) < 4.78 is 27.0. The van der Waals surface area contributed by atoms with Crippen LogP contribution in [0.15, 0.2) is 42.5 Å². The van der Waals surface area contributed by atoms with Gasteiger partial charge in [0, 0.05) is 0 Å². The van der Waals surface area contributed by atoms with E-state index in [2.05, 4.69) is 0 Å². The van der Waals surface area contributed by atoms with Crippen molar-refractivity contribution in [2.24, 2.45) is 0 Å². The van der Waals surface area contributed by atoms with E-state index in [0.717, 1.165) is 0 Å². The summed E-state index contributed by atoms with van der Waals surface area (Å²) in [4.78, 5) is 0. The van der Waals surface area contributed by atoms with Crippen molar-refractivity contribution in [2.75, 3.05) is 34.0 Å². The Morgan fingerprint density at radius 2 is 1.66 bits per heavy atom. The highest BCUT2D eigenvalue weighted by molar-refractivity contribution is 5.56. The van der Waals surface area contributed by atoms with Gasteiger partial charge in [-0.2, -0.15) is 0 Å². The molecule has 210 valence electrons. The first-order valence-electron chi connectivity index (χ1n) is 11.8. The molecule has 1 aliphatic heterocycles. The molecule has 0 aromatic heterocycles. The van der Waals surface area contributed by atoms with Crippen LogP contribution in [-0.2, 0) is 9.47 Å². The van der Waals surface area contributed by atoms with E-state index >= 15 is 0 Å². The molecular weight excluding hydrogens is 504 g/mol. The number of rotatable bonds is 12. The second-order valence-electron chi connectivity index (χ2n) is 8.56. The smallest absolute Gasteiger partial charge is 0.187 e. The van der Waals surface area contributed by atoms with Crippen LogP contribution in [0.3, 0.4) is 0 Å². The fourth-order valence-electron chi connectivity index (χ4n) is 3.88. The minimum atomic E-state index is -1.52. The molecule has 1 heterocycles. The summed E-state index contributed by atoms with van der Waals surface area (Å²) in [6.07, 6.45) is -5.75. The van der Waals surface area contributed by atoms with Gasteiger partial charge in [-0.25, -0.2) is 0 Å². The van der Waals surface area contributed by atoms with Gasteiger partial charge in [0.15, 0.2) is 35.4 Å². The molecule has 1 fully saturated rings. The lowest BCUT2D eigenvalue weighted by molar-refractivity contribution is -0.298. The van der Waals surface area contributed by atoms with Crippen molar-refractivity contribution in [3.63, 3.8) is 0 Å². The molecule has 0 amide bonds. The fourth-order valence-corrected chi connectivity index (χ4v) is 3.88. The van der Waals surface area contributed by atoms with E-state index in [0.29, 0.717) is 16.9 Å². The molecule has 38 heavy (non-hydrogen) atoms. The molecule has 1 saturated heterocycles. The third-order valence-electron chi connectivity index (χ3n) is 6.06. The Morgan fingerprint density at radius 3 is 2.32 bits per heavy atom. The van der Waals surface area contributed by atoms with E-state index in [-0.39, 0.29) is 23.9 Å². The number of phenolic OH excluding ortho intramolecular Hbond substituents is 1. The van der Waals surface area contributed by atoms with Crippen molar-refractivity contribution in [3.8, 4) is 23.0 Å². The van der Waals surface area contributed by atoms with E-state index < -0.39 is 56.1 Å².